The normalized spacial score (nSPS) is 11.7. The van der Waals surface area contributed by atoms with Crippen molar-refractivity contribution in [3.63, 3.8) is 0 Å². The average molecular weight is 753 g/mol. The molecule has 0 unspecified atom stereocenters. The molecule has 0 atom stereocenters. The van der Waals surface area contributed by atoms with Gasteiger partial charge in [0.05, 0.1) is 16.7 Å². The van der Waals surface area contributed by atoms with Crippen molar-refractivity contribution >= 4 is 82.4 Å². The highest BCUT2D eigenvalue weighted by Gasteiger charge is 2.18. The van der Waals surface area contributed by atoms with Crippen LogP contribution in [0, 0.1) is 0 Å². The zero-order valence-electron chi connectivity index (χ0n) is 32.1. The third-order valence-corrected chi connectivity index (χ3v) is 12.0. The fourth-order valence-corrected chi connectivity index (χ4v) is 9.17. The Morgan fingerprint density at radius 1 is 0.339 bits per heavy atom. The molecule has 0 bridgehead atoms. The molecule has 12 aromatic rings. The number of hydrogen-bond acceptors (Lipinski definition) is 2. The number of benzene rings is 10. The van der Waals surface area contributed by atoms with Crippen LogP contribution in [0.4, 0.5) is 17.1 Å². The second-order valence-electron chi connectivity index (χ2n) is 15.3. The predicted molar refractivity (Wildman–Crippen MR) is 249 cm³/mol. The van der Waals surface area contributed by atoms with Crippen molar-refractivity contribution in [2.45, 2.75) is 0 Å². The van der Waals surface area contributed by atoms with Crippen molar-refractivity contribution in [3.8, 4) is 27.9 Å². The lowest BCUT2D eigenvalue weighted by Crippen LogP contribution is -2.10. The highest BCUT2D eigenvalue weighted by Crippen LogP contribution is 2.43. The minimum atomic E-state index is 0.906. The zero-order valence-corrected chi connectivity index (χ0v) is 32.1. The minimum Gasteiger partial charge on any atom is -0.456 e. The van der Waals surface area contributed by atoms with Crippen LogP contribution in [0.15, 0.2) is 223 Å². The molecule has 10 aromatic carbocycles. The van der Waals surface area contributed by atoms with E-state index in [9.17, 15) is 0 Å². The summed E-state index contributed by atoms with van der Waals surface area (Å²) in [5, 5.41) is 9.72. The Kier molecular flexibility index (Phi) is 7.54. The molecule has 0 aliphatic carbocycles. The van der Waals surface area contributed by atoms with Crippen LogP contribution in [0.1, 0.15) is 0 Å². The van der Waals surface area contributed by atoms with Gasteiger partial charge in [-0.15, -0.1) is 0 Å². The first-order chi connectivity index (χ1) is 29.2. The van der Waals surface area contributed by atoms with Gasteiger partial charge in [0.25, 0.3) is 0 Å². The van der Waals surface area contributed by atoms with Crippen molar-refractivity contribution in [3.05, 3.63) is 218 Å². The molecule has 12 rings (SSSR count). The molecule has 0 fully saturated rings. The van der Waals surface area contributed by atoms with Gasteiger partial charge in [-0.25, -0.2) is 0 Å². The van der Waals surface area contributed by atoms with Gasteiger partial charge in [-0.1, -0.05) is 146 Å². The fraction of sp³-hybridized carbons (Fsp3) is 0. The third-order valence-electron chi connectivity index (χ3n) is 12.0. The lowest BCUT2D eigenvalue weighted by Gasteiger charge is -2.28. The van der Waals surface area contributed by atoms with Crippen LogP contribution in [0.3, 0.4) is 0 Å². The second kappa shape index (κ2) is 13.4. The van der Waals surface area contributed by atoms with Gasteiger partial charge >= 0.3 is 0 Å². The first kappa shape index (κ1) is 33.3. The van der Waals surface area contributed by atoms with Crippen molar-refractivity contribution in [2.24, 2.45) is 0 Å². The largest absolute Gasteiger partial charge is 0.456 e. The quantitative estimate of drug-likeness (QED) is 0.158. The maximum atomic E-state index is 6.13. The summed E-state index contributed by atoms with van der Waals surface area (Å²) in [6.07, 6.45) is 0. The van der Waals surface area contributed by atoms with E-state index < -0.39 is 0 Å². The second-order valence-corrected chi connectivity index (χ2v) is 15.3. The van der Waals surface area contributed by atoms with E-state index in [0.717, 1.165) is 55.8 Å². The molecule has 0 N–H and O–H groups in total. The summed E-state index contributed by atoms with van der Waals surface area (Å²) in [7, 11) is 0. The summed E-state index contributed by atoms with van der Waals surface area (Å²) in [5.41, 5.74) is 13.4. The van der Waals surface area contributed by atoms with Crippen molar-refractivity contribution in [1.29, 1.82) is 0 Å². The third kappa shape index (κ3) is 5.44. The monoisotopic (exact) mass is 752 g/mol. The standard InChI is InChI=1S/C56H36N2O/c1-2-12-46-40(10-1)20-21-41-11-9-18-53(56(41)46)57(44-31-26-39(27-32-44)42-28-35-55-50(36-42)49-15-5-8-19-54(49)59-55)43-29-22-37(23-30-43)38-24-33-45(34-25-38)58-51-16-6-3-13-47(51)48-14-4-7-17-52(48)58/h1-36H. The number of hydrogen-bond donors (Lipinski definition) is 0. The Morgan fingerprint density at radius 3 is 1.54 bits per heavy atom. The molecule has 0 aliphatic rings. The predicted octanol–water partition coefficient (Wildman–Crippen LogP) is 15.8. The summed E-state index contributed by atoms with van der Waals surface area (Å²) in [5.74, 6) is 0. The van der Waals surface area contributed by atoms with Gasteiger partial charge in [0.1, 0.15) is 11.2 Å². The number of nitrogens with zero attached hydrogens (tertiary/aromatic N) is 2. The smallest absolute Gasteiger partial charge is 0.135 e. The fourth-order valence-electron chi connectivity index (χ4n) is 9.17. The molecule has 2 aromatic heterocycles. The average Bonchev–Trinajstić information content (AvgIpc) is 3.85. The number of furan rings is 1. The van der Waals surface area contributed by atoms with E-state index in [2.05, 4.69) is 216 Å². The van der Waals surface area contributed by atoms with E-state index in [4.69, 9.17) is 4.42 Å². The van der Waals surface area contributed by atoms with Crippen molar-refractivity contribution in [2.75, 3.05) is 4.90 Å². The molecule has 0 saturated heterocycles. The summed E-state index contributed by atoms with van der Waals surface area (Å²) in [6.45, 7) is 0. The molecule has 0 radical (unpaired) electrons. The van der Waals surface area contributed by atoms with Gasteiger partial charge in [0.2, 0.25) is 0 Å². The number of rotatable bonds is 6. The van der Waals surface area contributed by atoms with Gasteiger partial charge in [0.15, 0.2) is 0 Å². The highest BCUT2D eigenvalue weighted by atomic mass is 16.3. The minimum absolute atomic E-state index is 0.906. The van der Waals surface area contributed by atoms with E-state index in [-0.39, 0.29) is 0 Å². The van der Waals surface area contributed by atoms with Gasteiger partial charge in [-0.2, -0.15) is 0 Å². The maximum absolute atomic E-state index is 6.13. The van der Waals surface area contributed by atoms with E-state index in [1.165, 1.54) is 54.5 Å². The SMILES string of the molecule is c1ccc2c(c1)ccc1cccc(N(c3ccc(-c4ccc(-n5c6ccccc6c6ccccc65)cc4)cc3)c3ccc(-c4ccc5oc6ccccc6c5c4)cc3)c12. The number of aromatic nitrogens is 1. The summed E-state index contributed by atoms with van der Waals surface area (Å²) in [6, 6.07) is 78.8. The van der Waals surface area contributed by atoms with Crippen LogP contribution in [0.25, 0.3) is 93.2 Å². The van der Waals surface area contributed by atoms with Crippen molar-refractivity contribution in [1.82, 2.24) is 4.57 Å². The van der Waals surface area contributed by atoms with Crippen LogP contribution in [0.2, 0.25) is 0 Å². The molecule has 0 amide bonds. The lowest BCUT2D eigenvalue weighted by atomic mass is 9.98. The van der Waals surface area contributed by atoms with E-state index in [1.807, 2.05) is 12.1 Å². The first-order valence-corrected chi connectivity index (χ1v) is 20.2. The number of para-hydroxylation sites is 3. The zero-order chi connectivity index (χ0) is 38.9. The Morgan fingerprint density at radius 2 is 0.847 bits per heavy atom. The van der Waals surface area contributed by atoms with Gasteiger partial charge in [-0.05, 0) is 111 Å². The summed E-state index contributed by atoms with van der Waals surface area (Å²) < 4.78 is 8.50. The summed E-state index contributed by atoms with van der Waals surface area (Å²) >= 11 is 0. The van der Waals surface area contributed by atoms with Crippen molar-refractivity contribution < 1.29 is 4.42 Å². The maximum Gasteiger partial charge on any atom is 0.135 e. The molecule has 0 saturated carbocycles. The number of fused-ring (bicyclic) bond motifs is 9. The molecule has 3 nitrogen and oxygen atoms in total. The molecule has 2 heterocycles. The van der Waals surface area contributed by atoms with Gasteiger partial charge in [-0.3, -0.25) is 0 Å². The van der Waals surface area contributed by atoms with Crippen LogP contribution in [-0.2, 0) is 0 Å². The number of anilines is 3. The molecular formula is C56H36N2O. The molecule has 3 heteroatoms. The van der Waals surface area contributed by atoms with Crippen LogP contribution < -0.4 is 4.90 Å². The molecule has 276 valence electrons. The highest BCUT2D eigenvalue weighted by molar-refractivity contribution is 6.15. The Bertz CT molecular complexity index is 3480. The Labute approximate surface area is 341 Å². The Balaban J connectivity index is 0.946. The molecule has 59 heavy (non-hydrogen) atoms. The summed E-state index contributed by atoms with van der Waals surface area (Å²) in [4.78, 5) is 2.40. The molecule has 0 aliphatic heterocycles. The molecule has 0 spiro atoms. The topological polar surface area (TPSA) is 21.3 Å². The van der Waals surface area contributed by atoms with Crippen LogP contribution >= 0.6 is 0 Å². The van der Waals surface area contributed by atoms with Crippen LogP contribution in [0.5, 0.6) is 0 Å². The van der Waals surface area contributed by atoms with E-state index in [1.54, 1.807) is 0 Å². The molecular weight excluding hydrogens is 717 g/mol. The first-order valence-electron chi connectivity index (χ1n) is 20.2. The van der Waals surface area contributed by atoms with Gasteiger partial charge in [0, 0.05) is 44.0 Å². The Hall–Kier alpha value is -7.88. The van der Waals surface area contributed by atoms with Gasteiger partial charge < -0.3 is 13.9 Å². The van der Waals surface area contributed by atoms with Crippen LogP contribution in [-0.4, -0.2) is 4.57 Å². The van der Waals surface area contributed by atoms with E-state index >= 15 is 0 Å². The van der Waals surface area contributed by atoms with E-state index in [0.29, 0.717) is 0 Å². The lowest BCUT2D eigenvalue weighted by molar-refractivity contribution is 0.669.